The van der Waals surface area contributed by atoms with E-state index in [2.05, 4.69) is 10.3 Å². The van der Waals surface area contributed by atoms with Crippen LogP contribution in [0.15, 0.2) is 18.3 Å². The number of rotatable bonds is 4. The Kier molecular flexibility index (Phi) is 3.52. The molecule has 0 amide bonds. The first-order valence-corrected chi connectivity index (χ1v) is 4.26. The zero-order valence-corrected chi connectivity index (χ0v) is 7.87. The molecule has 1 heterocycles. The predicted molar refractivity (Wildman–Crippen MR) is 51.4 cm³/mol. The van der Waals surface area contributed by atoms with Gasteiger partial charge in [-0.05, 0) is 12.1 Å². The van der Waals surface area contributed by atoms with Crippen LogP contribution < -0.4 is 11.1 Å². The van der Waals surface area contributed by atoms with Gasteiger partial charge in [0.15, 0.2) is 5.69 Å². The van der Waals surface area contributed by atoms with Gasteiger partial charge >= 0.3 is 0 Å². The van der Waals surface area contributed by atoms with Crippen LogP contribution in [0.1, 0.15) is 5.69 Å². The van der Waals surface area contributed by atoms with E-state index in [1.807, 2.05) is 0 Å². The maximum atomic E-state index is 12.8. The van der Waals surface area contributed by atoms with E-state index in [-0.39, 0.29) is 11.4 Å². The molecule has 0 fully saturated rings. The number of halogens is 2. The van der Waals surface area contributed by atoms with Crippen LogP contribution in [0.3, 0.4) is 0 Å². The highest BCUT2D eigenvalue weighted by Gasteiger charge is 2.26. The molecule has 6 heteroatoms. The lowest BCUT2D eigenvalue weighted by atomic mass is 10.3. The van der Waals surface area contributed by atoms with Crippen LogP contribution in [-0.4, -0.2) is 24.0 Å². The highest BCUT2D eigenvalue weighted by Crippen LogP contribution is 2.15. The van der Waals surface area contributed by atoms with Crippen LogP contribution in [0, 0.1) is 11.3 Å². The molecule has 0 aliphatic heterocycles. The van der Waals surface area contributed by atoms with Crippen molar-refractivity contribution in [2.24, 2.45) is 5.73 Å². The van der Waals surface area contributed by atoms with E-state index in [0.29, 0.717) is 0 Å². The summed E-state index contributed by atoms with van der Waals surface area (Å²) < 4.78 is 25.6. The first-order valence-electron chi connectivity index (χ1n) is 4.26. The molecule has 4 nitrogen and oxygen atoms in total. The average molecular weight is 212 g/mol. The van der Waals surface area contributed by atoms with Crippen LogP contribution in [0.25, 0.3) is 0 Å². The fourth-order valence-electron chi connectivity index (χ4n) is 0.934. The third-order valence-corrected chi connectivity index (χ3v) is 1.75. The number of pyridine rings is 1. The number of aromatic nitrogens is 1. The average Bonchev–Trinajstić information content (AvgIpc) is 2.27. The molecule has 0 radical (unpaired) electrons. The Morgan fingerprint density at radius 1 is 1.60 bits per heavy atom. The van der Waals surface area contributed by atoms with E-state index >= 15 is 0 Å². The maximum Gasteiger partial charge on any atom is 0.276 e. The van der Waals surface area contributed by atoms with Crippen LogP contribution in [0.2, 0.25) is 0 Å². The highest BCUT2D eigenvalue weighted by atomic mass is 19.3. The standard InChI is InChI=1S/C9H10F2N4/c10-9(11,5-13)6-15-7-2-1-3-14-8(7)4-12/h1-3,15H,5-6,13H2. The van der Waals surface area contributed by atoms with Crippen molar-refractivity contribution in [1.82, 2.24) is 4.98 Å². The third-order valence-electron chi connectivity index (χ3n) is 1.75. The van der Waals surface area contributed by atoms with E-state index in [4.69, 9.17) is 11.0 Å². The number of alkyl halides is 2. The summed E-state index contributed by atoms with van der Waals surface area (Å²) in [4.78, 5) is 3.72. The Morgan fingerprint density at radius 2 is 2.33 bits per heavy atom. The van der Waals surface area contributed by atoms with Crippen LogP contribution in [0.4, 0.5) is 14.5 Å². The van der Waals surface area contributed by atoms with E-state index in [1.165, 1.54) is 12.3 Å². The second-order valence-electron chi connectivity index (χ2n) is 2.93. The first kappa shape index (κ1) is 11.3. The van der Waals surface area contributed by atoms with E-state index in [9.17, 15) is 8.78 Å². The van der Waals surface area contributed by atoms with Gasteiger partial charge in [-0.3, -0.25) is 0 Å². The zero-order chi connectivity index (χ0) is 11.3. The number of nitrogens with zero attached hydrogens (tertiary/aromatic N) is 2. The predicted octanol–water partition coefficient (Wildman–Crippen LogP) is 0.959. The fraction of sp³-hybridized carbons (Fsp3) is 0.333. The summed E-state index contributed by atoms with van der Waals surface area (Å²) in [5.74, 6) is -2.98. The lowest BCUT2D eigenvalue weighted by Gasteiger charge is -2.15. The van der Waals surface area contributed by atoms with Gasteiger partial charge in [-0.15, -0.1) is 0 Å². The second-order valence-corrected chi connectivity index (χ2v) is 2.93. The molecule has 0 atom stereocenters. The molecule has 1 aromatic rings. The lowest BCUT2D eigenvalue weighted by Crippen LogP contribution is -2.35. The van der Waals surface area contributed by atoms with Gasteiger partial charge in [-0.2, -0.15) is 5.26 Å². The normalized spacial score (nSPS) is 10.8. The van der Waals surface area contributed by atoms with Gasteiger partial charge in [-0.1, -0.05) is 0 Å². The van der Waals surface area contributed by atoms with Gasteiger partial charge in [0.2, 0.25) is 0 Å². The van der Waals surface area contributed by atoms with Gasteiger partial charge in [-0.25, -0.2) is 13.8 Å². The number of nitriles is 1. The number of nitrogens with two attached hydrogens (primary N) is 1. The molecule has 80 valence electrons. The molecule has 0 unspecified atom stereocenters. The topological polar surface area (TPSA) is 74.7 Å². The highest BCUT2D eigenvalue weighted by molar-refractivity contribution is 5.53. The number of hydrogen-bond donors (Lipinski definition) is 2. The molecule has 0 aliphatic carbocycles. The maximum absolute atomic E-state index is 12.8. The summed E-state index contributed by atoms with van der Waals surface area (Å²) in [6, 6.07) is 4.87. The molecule has 0 spiro atoms. The number of hydrogen-bond acceptors (Lipinski definition) is 4. The molecule has 0 bridgehead atoms. The molecule has 3 N–H and O–H groups in total. The Bertz CT molecular complexity index is 373. The van der Waals surface area contributed by atoms with Crippen LogP contribution in [-0.2, 0) is 0 Å². The monoisotopic (exact) mass is 212 g/mol. The summed E-state index contributed by atoms with van der Waals surface area (Å²) in [6.45, 7) is -1.34. The molecule has 0 aromatic carbocycles. The van der Waals surface area contributed by atoms with Gasteiger partial charge < -0.3 is 11.1 Å². The van der Waals surface area contributed by atoms with Crippen molar-refractivity contribution < 1.29 is 8.78 Å². The summed E-state index contributed by atoms with van der Waals surface area (Å²) in [5.41, 5.74) is 5.24. The Balaban J connectivity index is 2.70. The smallest absolute Gasteiger partial charge is 0.276 e. The largest absolute Gasteiger partial charge is 0.377 e. The van der Waals surface area contributed by atoms with Crippen LogP contribution in [0.5, 0.6) is 0 Å². The minimum absolute atomic E-state index is 0.0883. The lowest BCUT2D eigenvalue weighted by molar-refractivity contribution is 0.0254. The molecular weight excluding hydrogens is 202 g/mol. The molecule has 0 saturated heterocycles. The third kappa shape index (κ3) is 3.14. The minimum Gasteiger partial charge on any atom is -0.377 e. The van der Waals surface area contributed by atoms with Gasteiger partial charge in [0, 0.05) is 6.20 Å². The number of nitrogens with one attached hydrogen (secondary N) is 1. The Morgan fingerprint density at radius 3 is 2.93 bits per heavy atom. The van der Waals surface area contributed by atoms with Gasteiger partial charge in [0.25, 0.3) is 5.92 Å². The molecule has 0 saturated carbocycles. The summed E-state index contributed by atoms with van der Waals surface area (Å²) in [5, 5.41) is 11.1. The van der Waals surface area contributed by atoms with Gasteiger partial charge in [0.05, 0.1) is 18.8 Å². The summed E-state index contributed by atoms with van der Waals surface area (Å²) >= 11 is 0. The summed E-state index contributed by atoms with van der Waals surface area (Å²) in [6.07, 6.45) is 1.42. The van der Waals surface area contributed by atoms with E-state index in [1.54, 1.807) is 12.1 Å². The SMILES string of the molecule is N#Cc1ncccc1NCC(F)(F)CN. The summed E-state index contributed by atoms with van der Waals surface area (Å²) in [7, 11) is 0. The molecule has 0 aliphatic rings. The van der Waals surface area contributed by atoms with Crippen molar-refractivity contribution >= 4 is 5.69 Å². The Hall–Kier alpha value is -1.74. The minimum atomic E-state index is -2.98. The quantitative estimate of drug-likeness (QED) is 0.779. The zero-order valence-electron chi connectivity index (χ0n) is 7.87. The van der Waals surface area contributed by atoms with Crippen molar-refractivity contribution in [1.29, 1.82) is 5.26 Å². The second kappa shape index (κ2) is 4.66. The van der Waals surface area contributed by atoms with Crippen molar-refractivity contribution in [3.63, 3.8) is 0 Å². The number of anilines is 1. The fourth-order valence-corrected chi connectivity index (χ4v) is 0.934. The molecule has 1 rings (SSSR count). The first-order chi connectivity index (χ1) is 7.09. The van der Waals surface area contributed by atoms with Crippen LogP contribution >= 0.6 is 0 Å². The Labute approximate surface area is 85.7 Å². The van der Waals surface area contributed by atoms with Crippen molar-refractivity contribution in [3.8, 4) is 6.07 Å². The van der Waals surface area contributed by atoms with Gasteiger partial charge in [0.1, 0.15) is 6.07 Å². The molecule has 15 heavy (non-hydrogen) atoms. The molecular formula is C9H10F2N4. The van der Waals surface area contributed by atoms with E-state index in [0.717, 1.165) is 0 Å². The van der Waals surface area contributed by atoms with Crippen molar-refractivity contribution in [2.75, 3.05) is 18.4 Å². The van der Waals surface area contributed by atoms with Crippen molar-refractivity contribution in [2.45, 2.75) is 5.92 Å². The molecule has 1 aromatic heterocycles. The van der Waals surface area contributed by atoms with E-state index < -0.39 is 19.0 Å². The van der Waals surface area contributed by atoms with Crippen molar-refractivity contribution in [3.05, 3.63) is 24.0 Å².